The minimum Gasteiger partial charge on any atom is -0.504 e. The summed E-state index contributed by atoms with van der Waals surface area (Å²) in [4.78, 5) is 12.9. The number of hydrogen-bond acceptors (Lipinski definition) is 4. The third kappa shape index (κ3) is 2.56. The van der Waals surface area contributed by atoms with Crippen LogP contribution in [0.1, 0.15) is 12.0 Å². The molecule has 1 saturated heterocycles. The van der Waals surface area contributed by atoms with Gasteiger partial charge in [-0.1, -0.05) is 12.1 Å². The highest BCUT2D eigenvalue weighted by atomic mass is 16.5. The van der Waals surface area contributed by atoms with Crippen molar-refractivity contribution in [2.75, 3.05) is 20.2 Å². The van der Waals surface area contributed by atoms with E-state index in [-0.39, 0.29) is 11.7 Å². The van der Waals surface area contributed by atoms with Crippen molar-refractivity contribution in [2.24, 2.45) is 5.92 Å². The number of rotatable bonds is 4. The first-order valence-corrected chi connectivity index (χ1v) is 5.92. The number of carbonyl (C=O) groups is 1. The van der Waals surface area contributed by atoms with Gasteiger partial charge in [0, 0.05) is 18.7 Å². The van der Waals surface area contributed by atoms with E-state index in [4.69, 9.17) is 9.84 Å². The minimum absolute atomic E-state index is 0.138. The van der Waals surface area contributed by atoms with E-state index < -0.39 is 5.97 Å². The number of benzene rings is 1. The summed E-state index contributed by atoms with van der Waals surface area (Å²) in [6, 6.07) is 5.34. The molecule has 0 radical (unpaired) electrons. The molecule has 5 nitrogen and oxygen atoms in total. The fraction of sp³-hybridized carbons (Fsp3) is 0.462. The number of carboxylic acid groups (broad SMARTS) is 1. The molecular weight excluding hydrogens is 234 g/mol. The van der Waals surface area contributed by atoms with Crippen LogP contribution >= 0.6 is 0 Å². The monoisotopic (exact) mass is 251 g/mol. The highest BCUT2D eigenvalue weighted by Crippen LogP contribution is 2.31. The number of aliphatic carboxylic acids is 1. The van der Waals surface area contributed by atoms with Crippen LogP contribution in [0.4, 0.5) is 0 Å². The molecule has 1 unspecified atom stereocenters. The molecule has 0 saturated carbocycles. The molecule has 1 fully saturated rings. The largest absolute Gasteiger partial charge is 0.504 e. The van der Waals surface area contributed by atoms with Gasteiger partial charge in [-0.3, -0.25) is 9.69 Å². The first-order valence-electron chi connectivity index (χ1n) is 5.92. The van der Waals surface area contributed by atoms with Crippen molar-refractivity contribution in [3.63, 3.8) is 0 Å². The number of phenolic OH excluding ortho intramolecular Hbond substituents is 1. The molecule has 1 atom stereocenters. The summed E-state index contributed by atoms with van der Waals surface area (Å²) in [5.41, 5.74) is 0.764. The van der Waals surface area contributed by atoms with Crippen molar-refractivity contribution < 1.29 is 19.7 Å². The summed E-state index contributed by atoms with van der Waals surface area (Å²) in [7, 11) is 1.51. The van der Waals surface area contributed by atoms with E-state index in [1.807, 2.05) is 17.0 Å². The van der Waals surface area contributed by atoms with Crippen LogP contribution in [0.5, 0.6) is 11.5 Å². The Morgan fingerprint density at radius 1 is 1.56 bits per heavy atom. The molecular formula is C13H17NO4. The quantitative estimate of drug-likeness (QED) is 0.844. The number of aromatic hydroxyl groups is 1. The van der Waals surface area contributed by atoms with Gasteiger partial charge < -0.3 is 14.9 Å². The van der Waals surface area contributed by atoms with Gasteiger partial charge in [0.2, 0.25) is 0 Å². The van der Waals surface area contributed by atoms with Crippen LogP contribution in [0.15, 0.2) is 18.2 Å². The van der Waals surface area contributed by atoms with E-state index in [1.54, 1.807) is 6.07 Å². The van der Waals surface area contributed by atoms with Gasteiger partial charge in [0.15, 0.2) is 11.5 Å². The van der Waals surface area contributed by atoms with E-state index in [1.165, 1.54) is 7.11 Å². The number of likely N-dealkylation sites (tertiary alicyclic amines) is 1. The number of para-hydroxylation sites is 1. The molecule has 1 heterocycles. The van der Waals surface area contributed by atoms with E-state index in [9.17, 15) is 9.90 Å². The molecule has 2 N–H and O–H groups in total. The fourth-order valence-corrected chi connectivity index (χ4v) is 2.28. The van der Waals surface area contributed by atoms with Crippen LogP contribution in [0.25, 0.3) is 0 Å². The zero-order valence-corrected chi connectivity index (χ0v) is 10.3. The van der Waals surface area contributed by atoms with Crippen LogP contribution in [0.2, 0.25) is 0 Å². The summed E-state index contributed by atoms with van der Waals surface area (Å²) in [5.74, 6) is -0.453. The molecule has 1 aliphatic rings. The number of nitrogens with zero attached hydrogens (tertiary/aromatic N) is 1. The van der Waals surface area contributed by atoms with Crippen molar-refractivity contribution in [3.05, 3.63) is 23.8 Å². The van der Waals surface area contributed by atoms with E-state index >= 15 is 0 Å². The lowest BCUT2D eigenvalue weighted by Gasteiger charge is -2.17. The standard InChI is InChI=1S/C13H17NO4/c1-18-11-4-2-3-9(12(11)15)7-14-6-5-10(8-14)13(16)17/h2-4,10,15H,5-8H2,1H3,(H,16,17). The summed E-state index contributed by atoms with van der Waals surface area (Å²) in [6.07, 6.45) is 0.667. The zero-order chi connectivity index (χ0) is 13.1. The number of phenols is 1. The number of carboxylic acids is 1. The first kappa shape index (κ1) is 12.7. The van der Waals surface area contributed by atoms with Gasteiger partial charge in [-0.25, -0.2) is 0 Å². The normalized spacial score (nSPS) is 19.9. The average Bonchev–Trinajstić information content (AvgIpc) is 2.80. The van der Waals surface area contributed by atoms with Crippen molar-refractivity contribution in [1.29, 1.82) is 0 Å². The Kier molecular flexibility index (Phi) is 3.72. The molecule has 5 heteroatoms. The van der Waals surface area contributed by atoms with Gasteiger partial charge >= 0.3 is 5.97 Å². The highest BCUT2D eigenvalue weighted by Gasteiger charge is 2.28. The molecule has 0 bridgehead atoms. The molecule has 1 aromatic carbocycles. The molecule has 2 rings (SSSR count). The molecule has 0 aromatic heterocycles. The summed E-state index contributed by atoms with van der Waals surface area (Å²) in [6.45, 7) is 1.83. The Hall–Kier alpha value is -1.75. The second-order valence-electron chi connectivity index (χ2n) is 4.53. The third-order valence-electron chi connectivity index (χ3n) is 3.32. The topological polar surface area (TPSA) is 70.0 Å². The lowest BCUT2D eigenvalue weighted by molar-refractivity contribution is -0.141. The van der Waals surface area contributed by atoms with Gasteiger partial charge in [-0.15, -0.1) is 0 Å². The number of methoxy groups -OCH3 is 1. The summed E-state index contributed by atoms with van der Waals surface area (Å²) >= 11 is 0. The predicted molar refractivity (Wildman–Crippen MR) is 65.7 cm³/mol. The van der Waals surface area contributed by atoms with E-state index in [2.05, 4.69) is 0 Å². The van der Waals surface area contributed by atoms with Crippen LogP contribution in [-0.2, 0) is 11.3 Å². The Labute approximate surface area is 106 Å². The van der Waals surface area contributed by atoms with Gasteiger partial charge in [-0.05, 0) is 19.0 Å². The Morgan fingerprint density at radius 3 is 2.94 bits per heavy atom. The number of ether oxygens (including phenoxy) is 1. The zero-order valence-electron chi connectivity index (χ0n) is 10.3. The van der Waals surface area contributed by atoms with Crippen molar-refractivity contribution in [1.82, 2.24) is 4.90 Å². The van der Waals surface area contributed by atoms with E-state index in [0.29, 0.717) is 25.3 Å². The van der Waals surface area contributed by atoms with Crippen LogP contribution in [0.3, 0.4) is 0 Å². The average molecular weight is 251 g/mol. The molecule has 1 aromatic rings. The van der Waals surface area contributed by atoms with Gasteiger partial charge in [-0.2, -0.15) is 0 Å². The molecule has 0 aliphatic carbocycles. The van der Waals surface area contributed by atoms with Gasteiger partial charge in [0.05, 0.1) is 13.0 Å². The second-order valence-corrected chi connectivity index (χ2v) is 4.53. The molecule has 0 spiro atoms. The van der Waals surface area contributed by atoms with Crippen LogP contribution in [0, 0.1) is 5.92 Å². The van der Waals surface area contributed by atoms with Gasteiger partial charge in [0.1, 0.15) is 0 Å². The maximum atomic E-state index is 10.9. The van der Waals surface area contributed by atoms with Gasteiger partial charge in [0.25, 0.3) is 0 Å². The third-order valence-corrected chi connectivity index (χ3v) is 3.32. The van der Waals surface area contributed by atoms with Crippen molar-refractivity contribution in [3.8, 4) is 11.5 Å². The molecule has 98 valence electrons. The Morgan fingerprint density at radius 2 is 2.33 bits per heavy atom. The maximum Gasteiger partial charge on any atom is 0.307 e. The fourth-order valence-electron chi connectivity index (χ4n) is 2.28. The van der Waals surface area contributed by atoms with Crippen LogP contribution < -0.4 is 4.74 Å². The first-order chi connectivity index (χ1) is 8.61. The van der Waals surface area contributed by atoms with Crippen LogP contribution in [-0.4, -0.2) is 41.3 Å². The predicted octanol–water partition coefficient (Wildman–Crippen LogP) is 1.31. The molecule has 1 aliphatic heterocycles. The molecule has 0 amide bonds. The Balaban J connectivity index is 2.05. The lowest BCUT2D eigenvalue weighted by atomic mass is 10.1. The number of hydrogen-bond donors (Lipinski definition) is 2. The second kappa shape index (κ2) is 5.27. The van der Waals surface area contributed by atoms with E-state index in [0.717, 1.165) is 12.1 Å². The SMILES string of the molecule is COc1cccc(CN2CCC(C(=O)O)C2)c1O. The summed E-state index contributed by atoms with van der Waals surface area (Å²) in [5, 5.41) is 18.9. The lowest BCUT2D eigenvalue weighted by Crippen LogP contribution is -2.22. The van der Waals surface area contributed by atoms with Crippen molar-refractivity contribution >= 4 is 5.97 Å². The molecule has 18 heavy (non-hydrogen) atoms. The maximum absolute atomic E-state index is 10.9. The smallest absolute Gasteiger partial charge is 0.307 e. The summed E-state index contributed by atoms with van der Waals surface area (Å²) < 4.78 is 5.05. The van der Waals surface area contributed by atoms with Crippen molar-refractivity contribution in [2.45, 2.75) is 13.0 Å². The Bertz CT molecular complexity index is 447. The minimum atomic E-state index is -0.743. The highest BCUT2D eigenvalue weighted by molar-refractivity contribution is 5.70.